The van der Waals surface area contributed by atoms with Gasteiger partial charge in [0, 0.05) is 22.0 Å². The smallest absolute Gasteiger partial charge is 0.258 e. The van der Waals surface area contributed by atoms with E-state index in [4.69, 9.17) is 33.3 Å². The molecule has 0 saturated heterocycles. The van der Waals surface area contributed by atoms with Gasteiger partial charge in [0.25, 0.3) is 5.89 Å². The van der Waals surface area contributed by atoms with Crippen LogP contribution in [0.3, 0.4) is 0 Å². The molecule has 34 heavy (non-hydrogen) atoms. The minimum Gasteiger partial charge on any atom is -0.351 e. The lowest BCUT2D eigenvalue weighted by Gasteiger charge is -2.37. The molecule has 0 amide bonds. The predicted octanol–water partition coefficient (Wildman–Crippen LogP) is 6.82. The zero-order valence-corrected chi connectivity index (χ0v) is 20.4. The van der Waals surface area contributed by atoms with Crippen molar-refractivity contribution in [3.63, 3.8) is 0 Å². The number of aryl methyl sites for hydroxylation is 1. The second-order valence-corrected chi connectivity index (χ2v) is 8.90. The Hall–Kier alpha value is -3.48. The summed E-state index contributed by atoms with van der Waals surface area (Å²) < 4.78 is 5.81. The maximum absolute atomic E-state index is 6.15. The van der Waals surface area contributed by atoms with E-state index in [0.717, 1.165) is 34.5 Å². The first-order chi connectivity index (χ1) is 16.5. The largest absolute Gasteiger partial charge is 0.351 e. The maximum Gasteiger partial charge on any atom is 0.258 e. The molecule has 5 nitrogen and oxygen atoms in total. The van der Waals surface area contributed by atoms with Crippen LogP contribution in [0.1, 0.15) is 36.9 Å². The fourth-order valence-electron chi connectivity index (χ4n) is 4.15. The first-order valence-corrected chi connectivity index (χ1v) is 11.9. The fraction of sp³-hybridized carbons (Fsp3) is 0.148. The molecule has 1 aromatic heterocycles. The topological polar surface area (TPSA) is 54.2 Å². The monoisotopic (exact) mass is 486 g/mol. The van der Waals surface area contributed by atoms with Crippen molar-refractivity contribution in [1.29, 1.82) is 0 Å². The van der Waals surface area contributed by atoms with Gasteiger partial charge < -0.3 is 9.84 Å². The van der Waals surface area contributed by atoms with E-state index in [1.54, 1.807) is 0 Å². The number of allylic oxidation sites excluding steroid dienone is 1. The van der Waals surface area contributed by atoms with E-state index in [2.05, 4.69) is 41.7 Å². The Balaban J connectivity index is 1.64. The summed E-state index contributed by atoms with van der Waals surface area (Å²) in [6, 6.07) is 25.6. The molecule has 0 spiro atoms. The summed E-state index contributed by atoms with van der Waals surface area (Å²) in [6.45, 7) is 4.17. The van der Waals surface area contributed by atoms with Crippen molar-refractivity contribution >= 4 is 40.2 Å². The van der Waals surface area contributed by atoms with Gasteiger partial charge in [0.1, 0.15) is 0 Å². The number of hydrogen-bond donors (Lipinski definition) is 1. The average molecular weight is 487 g/mol. The summed E-state index contributed by atoms with van der Waals surface area (Å²) in [5.74, 6) is 0.985. The number of benzene rings is 3. The highest BCUT2D eigenvalue weighted by Gasteiger charge is 2.34. The van der Waals surface area contributed by atoms with Gasteiger partial charge in [-0.15, -0.1) is 0 Å². The van der Waals surface area contributed by atoms with Gasteiger partial charge in [-0.05, 0) is 61.0 Å². The number of halogens is 1. The van der Waals surface area contributed by atoms with Gasteiger partial charge in [-0.2, -0.15) is 4.98 Å². The highest BCUT2D eigenvalue weighted by Crippen LogP contribution is 2.39. The molecule has 1 atom stereocenters. The molecule has 170 valence electrons. The van der Waals surface area contributed by atoms with Crippen molar-refractivity contribution in [3.8, 4) is 11.4 Å². The number of hydrogen-bond acceptors (Lipinski definition) is 4. The van der Waals surface area contributed by atoms with Crippen LogP contribution in [0, 0.1) is 0 Å². The molecule has 0 radical (unpaired) electrons. The van der Waals surface area contributed by atoms with E-state index in [9.17, 15) is 0 Å². The second-order valence-electron chi connectivity index (χ2n) is 8.08. The normalized spacial score (nSPS) is 16.0. The molecule has 0 saturated carbocycles. The summed E-state index contributed by atoms with van der Waals surface area (Å²) in [5.41, 5.74) is 5.93. The Morgan fingerprint density at radius 3 is 2.38 bits per heavy atom. The number of rotatable bonds is 5. The number of nitrogens with zero attached hydrogens (tertiary/aromatic N) is 3. The lowest BCUT2D eigenvalue weighted by Crippen LogP contribution is -2.46. The van der Waals surface area contributed by atoms with Crippen molar-refractivity contribution in [2.75, 3.05) is 4.90 Å². The van der Waals surface area contributed by atoms with E-state index >= 15 is 0 Å². The van der Waals surface area contributed by atoms with Gasteiger partial charge in [-0.1, -0.05) is 78.3 Å². The van der Waals surface area contributed by atoms with Crippen molar-refractivity contribution in [1.82, 2.24) is 15.5 Å². The van der Waals surface area contributed by atoms with Crippen LogP contribution >= 0.6 is 23.8 Å². The number of aromatic nitrogens is 2. The van der Waals surface area contributed by atoms with Gasteiger partial charge >= 0.3 is 0 Å². The van der Waals surface area contributed by atoms with E-state index in [1.807, 2.05) is 66.4 Å². The molecule has 5 rings (SSSR count). The van der Waals surface area contributed by atoms with Crippen LogP contribution in [0.25, 0.3) is 17.0 Å². The third-order valence-electron chi connectivity index (χ3n) is 5.98. The Morgan fingerprint density at radius 2 is 1.71 bits per heavy atom. The molecule has 0 fully saturated rings. The lowest BCUT2D eigenvalue weighted by molar-refractivity contribution is 0.404. The summed E-state index contributed by atoms with van der Waals surface area (Å²) in [4.78, 5) is 6.77. The van der Waals surface area contributed by atoms with Crippen LogP contribution < -0.4 is 10.2 Å². The Labute approximate surface area is 209 Å². The van der Waals surface area contributed by atoms with Gasteiger partial charge in [0.15, 0.2) is 5.11 Å². The molecular formula is C27H23ClN4OS. The van der Waals surface area contributed by atoms with Crippen LogP contribution in [-0.4, -0.2) is 15.3 Å². The third kappa shape index (κ3) is 4.22. The molecule has 7 heteroatoms. The molecule has 0 unspecified atom stereocenters. The zero-order valence-electron chi connectivity index (χ0n) is 18.8. The van der Waals surface area contributed by atoms with Crippen molar-refractivity contribution in [2.24, 2.45) is 0 Å². The number of thiocarbonyl (C=S) groups is 1. The first kappa shape index (κ1) is 22.3. The summed E-state index contributed by atoms with van der Waals surface area (Å²) in [5, 5.41) is 9.02. The highest BCUT2D eigenvalue weighted by atomic mass is 35.5. The van der Waals surface area contributed by atoms with Gasteiger partial charge in [0.2, 0.25) is 5.82 Å². The number of anilines is 1. The first-order valence-electron chi connectivity index (χ1n) is 11.1. The van der Waals surface area contributed by atoms with Crippen molar-refractivity contribution in [3.05, 3.63) is 107 Å². The average Bonchev–Trinajstić information content (AvgIpc) is 3.35. The van der Waals surface area contributed by atoms with Crippen molar-refractivity contribution in [2.45, 2.75) is 26.3 Å². The fourth-order valence-corrected chi connectivity index (χ4v) is 4.64. The lowest BCUT2D eigenvalue weighted by atomic mass is 9.94. The van der Waals surface area contributed by atoms with Crippen LogP contribution in [-0.2, 0) is 6.42 Å². The van der Waals surface area contributed by atoms with E-state index in [-0.39, 0.29) is 6.04 Å². The predicted molar refractivity (Wildman–Crippen MR) is 141 cm³/mol. The van der Waals surface area contributed by atoms with Crippen LogP contribution in [0.15, 0.2) is 89.1 Å². The minimum absolute atomic E-state index is 0.264. The molecule has 0 aliphatic carbocycles. The van der Waals surface area contributed by atoms with Crippen molar-refractivity contribution < 1.29 is 4.52 Å². The van der Waals surface area contributed by atoms with Gasteiger partial charge in [-0.25, -0.2) is 0 Å². The molecule has 0 bridgehead atoms. The van der Waals surface area contributed by atoms with E-state index in [0.29, 0.717) is 21.9 Å². The molecule has 3 aromatic carbocycles. The second kappa shape index (κ2) is 9.41. The quantitative estimate of drug-likeness (QED) is 0.312. The molecular weight excluding hydrogens is 464 g/mol. The Kier molecular flexibility index (Phi) is 6.18. The van der Waals surface area contributed by atoms with Crippen LogP contribution in [0.5, 0.6) is 0 Å². The Bertz CT molecular complexity index is 1350. The molecule has 4 aromatic rings. The van der Waals surface area contributed by atoms with E-state index in [1.165, 1.54) is 5.56 Å². The standard InChI is InChI=1S/C27H23ClN4OS/c1-3-18-9-15-22(16-10-18)32-17(2)23(24(29-27(32)34)19-11-13-21(28)14-12-19)26-30-25(31-33-26)20-7-5-4-6-8-20/h4-16,24H,3H2,1-2H3,(H,29,34)/t24-/m1/s1. The molecule has 1 aliphatic rings. The minimum atomic E-state index is -0.264. The summed E-state index contributed by atoms with van der Waals surface area (Å²) in [6.07, 6.45) is 0.978. The van der Waals surface area contributed by atoms with Crippen LogP contribution in [0.4, 0.5) is 5.69 Å². The third-order valence-corrected chi connectivity index (χ3v) is 6.53. The zero-order chi connectivity index (χ0) is 23.7. The summed E-state index contributed by atoms with van der Waals surface area (Å²) >= 11 is 12.0. The SMILES string of the molecule is CCc1ccc(N2C(=S)N[C@H](c3ccc(Cl)cc3)C(c3nc(-c4ccccc4)no3)=C2C)cc1. The van der Waals surface area contributed by atoms with Gasteiger partial charge in [0.05, 0.1) is 11.6 Å². The summed E-state index contributed by atoms with van der Waals surface area (Å²) in [7, 11) is 0. The van der Waals surface area contributed by atoms with Gasteiger partial charge in [-0.3, -0.25) is 4.90 Å². The molecule has 2 heterocycles. The van der Waals surface area contributed by atoms with E-state index < -0.39 is 0 Å². The highest BCUT2D eigenvalue weighted by molar-refractivity contribution is 7.80. The number of nitrogens with one attached hydrogen (secondary N) is 1. The molecule has 1 N–H and O–H groups in total. The maximum atomic E-state index is 6.15. The Morgan fingerprint density at radius 1 is 1.00 bits per heavy atom. The molecule has 1 aliphatic heterocycles. The van der Waals surface area contributed by atoms with Crippen LogP contribution in [0.2, 0.25) is 5.02 Å².